The molecular weight excluding hydrogens is 505 g/mol. The third kappa shape index (κ3) is 5.94. The summed E-state index contributed by atoms with van der Waals surface area (Å²) in [6, 6.07) is 8.86. The first kappa shape index (κ1) is 22.1. The Morgan fingerprint density at radius 1 is 1.31 bits per heavy atom. The maximum Gasteiger partial charge on any atom is 0.189 e. The first-order chi connectivity index (χ1) is 14.0. The van der Waals surface area contributed by atoms with Gasteiger partial charge in [0.05, 0.1) is 25.4 Å². The number of carbonyl (C=O) groups is 1. The lowest BCUT2D eigenvalue weighted by molar-refractivity contribution is 0.0338. The Morgan fingerprint density at radius 3 is 2.76 bits per heavy atom. The van der Waals surface area contributed by atoms with Crippen molar-refractivity contribution in [3.05, 3.63) is 61.7 Å². The smallest absolute Gasteiger partial charge is 0.189 e. The molecule has 1 aliphatic heterocycles. The highest BCUT2D eigenvalue weighted by Gasteiger charge is 2.18. The molecular formula is C22H23ClINO4. The Kier molecular flexibility index (Phi) is 7.94. The van der Waals surface area contributed by atoms with Crippen LogP contribution in [0.4, 0.5) is 0 Å². The molecule has 1 aliphatic rings. The third-order valence-corrected chi connectivity index (χ3v) is 5.62. The van der Waals surface area contributed by atoms with Crippen LogP contribution in [0.25, 0.3) is 6.08 Å². The maximum absolute atomic E-state index is 12.8. The van der Waals surface area contributed by atoms with Crippen LogP contribution in [-0.2, 0) is 11.3 Å². The zero-order valence-corrected chi connectivity index (χ0v) is 19.1. The minimum Gasteiger partial charge on any atom is -0.507 e. The first-order valence-corrected chi connectivity index (χ1v) is 10.9. The number of ketones is 1. The molecule has 3 rings (SSSR count). The predicted molar refractivity (Wildman–Crippen MR) is 123 cm³/mol. The van der Waals surface area contributed by atoms with Gasteiger partial charge in [-0.3, -0.25) is 9.69 Å². The molecule has 2 aromatic rings. The largest absolute Gasteiger partial charge is 0.507 e. The normalized spacial score (nSPS) is 15.0. The van der Waals surface area contributed by atoms with E-state index in [2.05, 4.69) is 27.5 Å². The topological polar surface area (TPSA) is 59.0 Å². The van der Waals surface area contributed by atoms with E-state index in [1.165, 1.54) is 12.1 Å². The van der Waals surface area contributed by atoms with E-state index in [1.807, 2.05) is 25.1 Å². The molecule has 0 saturated carbocycles. The van der Waals surface area contributed by atoms with Gasteiger partial charge in [-0.25, -0.2) is 0 Å². The molecule has 0 amide bonds. The van der Waals surface area contributed by atoms with E-state index in [4.69, 9.17) is 21.1 Å². The Balaban J connectivity index is 1.85. The summed E-state index contributed by atoms with van der Waals surface area (Å²) >= 11 is 8.41. The second-order valence-corrected chi connectivity index (χ2v) is 8.31. The molecule has 7 heteroatoms. The summed E-state index contributed by atoms with van der Waals surface area (Å²) in [5.41, 5.74) is 1.87. The van der Waals surface area contributed by atoms with Crippen molar-refractivity contribution in [2.45, 2.75) is 13.5 Å². The average molecular weight is 528 g/mol. The number of ether oxygens (including phenoxy) is 2. The van der Waals surface area contributed by atoms with Crippen LogP contribution >= 0.6 is 34.2 Å². The fraction of sp³-hybridized carbons (Fsp3) is 0.318. The third-order valence-electron chi connectivity index (χ3n) is 4.62. The van der Waals surface area contributed by atoms with E-state index < -0.39 is 0 Å². The Labute approximate surface area is 189 Å². The molecule has 5 nitrogen and oxygen atoms in total. The quantitative estimate of drug-likeness (QED) is 0.319. The van der Waals surface area contributed by atoms with Gasteiger partial charge in [0.2, 0.25) is 0 Å². The van der Waals surface area contributed by atoms with Gasteiger partial charge in [-0.2, -0.15) is 0 Å². The number of allylic oxidation sites excluding steroid dienone is 1. The van der Waals surface area contributed by atoms with E-state index in [9.17, 15) is 9.90 Å². The minimum atomic E-state index is -0.289. The summed E-state index contributed by atoms with van der Waals surface area (Å²) in [5, 5.41) is 11.0. The van der Waals surface area contributed by atoms with Gasteiger partial charge in [-0.1, -0.05) is 17.7 Å². The highest BCUT2D eigenvalue weighted by Crippen LogP contribution is 2.31. The van der Waals surface area contributed by atoms with Crippen LogP contribution in [0.15, 0.2) is 36.4 Å². The van der Waals surface area contributed by atoms with E-state index in [0.29, 0.717) is 37.1 Å². The monoisotopic (exact) mass is 527 g/mol. The summed E-state index contributed by atoms with van der Waals surface area (Å²) in [4.78, 5) is 15.0. The molecule has 0 bridgehead atoms. The predicted octanol–water partition coefficient (Wildman–Crippen LogP) is 4.78. The highest BCUT2D eigenvalue weighted by atomic mass is 127. The van der Waals surface area contributed by atoms with Crippen LogP contribution in [0, 0.1) is 3.57 Å². The number of rotatable bonds is 7. The Hall–Kier alpha value is -1.61. The first-order valence-electron chi connectivity index (χ1n) is 9.44. The van der Waals surface area contributed by atoms with Gasteiger partial charge in [-0.05, 0) is 65.4 Å². The van der Waals surface area contributed by atoms with Gasteiger partial charge in [0, 0.05) is 39.9 Å². The molecule has 29 heavy (non-hydrogen) atoms. The number of hydrogen-bond acceptors (Lipinski definition) is 5. The minimum absolute atomic E-state index is 0.0949. The second kappa shape index (κ2) is 10.4. The number of benzene rings is 2. The van der Waals surface area contributed by atoms with Crippen LogP contribution in [0.2, 0.25) is 5.02 Å². The zero-order chi connectivity index (χ0) is 20.8. The second-order valence-electron chi connectivity index (χ2n) is 6.66. The summed E-state index contributed by atoms with van der Waals surface area (Å²) in [5.74, 6) is 0.212. The van der Waals surface area contributed by atoms with E-state index >= 15 is 0 Å². The molecule has 0 unspecified atom stereocenters. The summed E-state index contributed by atoms with van der Waals surface area (Å²) in [6.45, 7) is 6.02. The average Bonchev–Trinajstić information content (AvgIpc) is 2.70. The van der Waals surface area contributed by atoms with Crippen LogP contribution < -0.4 is 4.74 Å². The molecule has 0 atom stereocenters. The lowest BCUT2D eigenvalue weighted by Crippen LogP contribution is -2.35. The number of aromatic hydroxyl groups is 1. The molecule has 0 radical (unpaired) electrons. The van der Waals surface area contributed by atoms with Gasteiger partial charge < -0.3 is 14.6 Å². The van der Waals surface area contributed by atoms with E-state index in [0.717, 1.165) is 27.8 Å². The van der Waals surface area contributed by atoms with Crippen molar-refractivity contribution in [2.24, 2.45) is 0 Å². The van der Waals surface area contributed by atoms with Gasteiger partial charge in [0.15, 0.2) is 5.78 Å². The Bertz CT molecular complexity index is 910. The van der Waals surface area contributed by atoms with Gasteiger partial charge in [0.25, 0.3) is 0 Å². The highest BCUT2D eigenvalue weighted by molar-refractivity contribution is 14.1. The molecule has 1 fully saturated rings. The number of phenolic OH excluding ortho intramolecular Hbond substituents is 1. The fourth-order valence-corrected chi connectivity index (χ4v) is 4.04. The molecule has 1 N–H and O–H groups in total. The van der Waals surface area contributed by atoms with E-state index in [1.54, 1.807) is 12.1 Å². The summed E-state index contributed by atoms with van der Waals surface area (Å²) < 4.78 is 12.1. The summed E-state index contributed by atoms with van der Waals surface area (Å²) in [6.07, 6.45) is 3.10. The van der Waals surface area contributed by atoms with Gasteiger partial charge in [-0.15, -0.1) is 0 Å². The van der Waals surface area contributed by atoms with Gasteiger partial charge in [0.1, 0.15) is 11.5 Å². The molecule has 2 aromatic carbocycles. The van der Waals surface area contributed by atoms with Crippen molar-refractivity contribution in [1.82, 2.24) is 4.90 Å². The fourth-order valence-electron chi connectivity index (χ4n) is 3.12. The van der Waals surface area contributed by atoms with Crippen LogP contribution in [0.3, 0.4) is 0 Å². The number of hydrogen-bond donors (Lipinski definition) is 1. The van der Waals surface area contributed by atoms with E-state index in [-0.39, 0.29) is 17.1 Å². The van der Waals surface area contributed by atoms with Crippen LogP contribution in [0.5, 0.6) is 11.5 Å². The van der Waals surface area contributed by atoms with Crippen molar-refractivity contribution < 1.29 is 19.4 Å². The van der Waals surface area contributed by atoms with Gasteiger partial charge >= 0.3 is 0 Å². The zero-order valence-electron chi connectivity index (χ0n) is 16.2. The van der Waals surface area contributed by atoms with Crippen molar-refractivity contribution in [2.75, 3.05) is 32.9 Å². The van der Waals surface area contributed by atoms with Crippen molar-refractivity contribution >= 4 is 46.1 Å². The molecule has 0 aromatic heterocycles. The molecule has 0 aliphatic carbocycles. The number of morpholine rings is 1. The number of halogens is 2. The maximum atomic E-state index is 12.8. The molecule has 1 saturated heterocycles. The molecule has 154 valence electrons. The van der Waals surface area contributed by atoms with Crippen LogP contribution in [0.1, 0.15) is 28.4 Å². The van der Waals surface area contributed by atoms with Crippen molar-refractivity contribution in [3.8, 4) is 11.5 Å². The van der Waals surface area contributed by atoms with Crippen molar-refractivity contribution in [3.63, 3.8) is 0 Å². The molecule has 0 spiro atoms. The number of nitrogens with zero attached hydrogens (tertiary/aromatic N) is 1. The van der Waals surface area contributed by atoms with Crippen LogP contribution in [-0.4, -0.2) is 48.7 Å². The summed E-state index contributed by atoms with van der Waals surface area (Å²) in [7, 11) is 0. The molecule has 1 heterocycles. The number of phenols is 1. The lowest BCUT2D eigenvalue weighted by Gasteiger charge is -2.27. The number of carbonyl (C=O) groups excluding carboxylic acids is 1. The Morgan fingerprint density at radius 2 is 2.07 bits per heavy atom. The standard InChI is InChI=1S/C22H23ClINO4/c1-2-29-22-13-21(27)18(11-16(22)14-25-7-9-28-10-8-25)20(26)6-4-15-3-5-17(24)12-19(15)23/h3-6,11-13,27H,2,7-10,14H2,1H3/b6-4+. The van der Waals surface area contributed by atoms with Crippen molar-refractivity contribution in [1.29, 1.82) is 0 Å². The SMILES string of the molecule is CCOc1cc(O)c(C(=O)/C=C/c2ccc(I)cc2Cl)cc1CN1CCOCC1. The lowest BCUT2D eigenvalue weighted by atomic mass is 10.0.